The third-order valence-corrected chi connectivity index (χ3v) is 5.78. The summed E-state index contributed by atoms with van der Waals surface area (Å²) >= 11 is 5.79. The largest absolute Gasteiger partial charge is 0.416 e. The molecule has 4 nitrogen and oxygen atoms in total. The lowest BCUT2D eigenvalue weighted by molar-refractivity contribution is -0.137. The molecular weight excluding hydrogens is 364 g/mol. The van der Waals surface area contributed by atoms with Gasteiger partial charge in [-0.25, -0.2) is 8.42 Å². The second kappa shape index (κ2) is 6.92. The van der Waals surface area contributed by atoms with Gasteiger partial charge < -0.3 is 5.32 Å². The molecule has 1 aliphatic heterocycles. The summed E-state index contributed by atoms with van der Waals surface area (Å²) in [5.41, 5.74) is -1.03. The molecule has 0 radical (unpaired) electrons. The molecule has 1 aromatic rings. The standard InChI is InChI=1S/C12H14ClF3N2O2S.ClH/c1-17-9-4-5-18(7-9)21(19,20)11-6-8(12(14,15)16)2-3-10(11)13;/h2-3,6,9,17H,4-5,7H2,1H3;1H. The van der Waals surface area contributed by atoms with Gasteiger partial charge in [0.05, 0.1) is 10.6 Å². The molecule has 22 heavy (non-hydrogen) atoms. The molecule has 0 bridgehead atoms. The van der Waals surface area contributed by atoms with Crippen molar-refractivity contribution in [3.8, 4) is 0 Å². The second-order valence-electron chi connectivity index (χ2n) is 4.78. The number of sulfonamides is 1. The van der Waals surface area contributed by atoms with E-state index in [1.807, 2.05) is 0 Å². The third kappa shape index (κ3) is 3.86. The van der Waals surface area contributed by atoms with Gasteiger partial charge in [-0.2, -0.15) is 17.5 Å². The van der Waals surface area contributed by atoms with Gasteiger partial charge in [-0.05, 0) is 31.7 Å². The summed E-state index contributed by atoms with van der Waals surface area (Å²) in [6, 6.07) is 2.30. The van der Waals surface area contributed by atoms with Crippen LogP contribution in [0, 0.1) is 0 Å². The first kappa shape index (κ1) is 19.5. The Bertz CT molecular complexity index is 638. The number of hydrogen-bond acceptors (Lipinski definition) is 3. The normalized spacial score (nSPS) is 20.0. The van der Waals surface area contributed by atoms with Crippen molar-refractivity contribution >= 4 is 34.0 Å². The van der Waals surface area contributed by atoms with Crippen LogP contribution in [0.15, 0.2) is 23.1 Å². The van der Waals surface area contributed by atoms with E-state index in [2.05, 4.69) is 5.32 Å². The maximum atomic E-state index is 12.7. The van der Waals surface area contributed by atoms with Crippen LogP contribution in [0.3, 0.4) is 0 Å². The minimum atomic E-state index is -4.62. The highest BCUT2D eigenvalue weighted by molar-refractivity contribution is 7.89. The Balaban J connectivity index is 0.00000242. The molecule has 1 aromatic carbocycles. The lowest BCUT2D eigenvalue weighted by Gasteiger charge is -2.18. The topological polar surface area (TPSA) is 49.4 Å². The quantitative estimate of drug-likeness (QED) is 0.879. The van der Waals surface area contributed by atoms with Crippen molar-refractivity contribution in [2.24, 2.45) is 0 Å². The Morgan fingerprint density at radius 2 is 2.00 bits per heavy atom. The number of nitrogens with one attached hydrogen (secondary N) is 1. The van der Waals surface area contributed by atoms with Gasteiger partial charge >= 0.3 is 6.18 Å². The molecule has 0 saturated carbocycles. The van der Waals surface area contributed by atoms with Crippen LogP contribution in [-0.2, 0) is 16.2 Å². The summed E-state index contributed by atoms with van der Waals surface area (Å²) in [5.74, 6) is 0. The van der Waals surface area contributed by atoms with E-state index in [4.69, 9.17) is 11.6 Å². The lowest BCUT2D eigenvalue weighted by atomic mass is 10.2. The summed E-state index contributed by atoms with van der Waals surface area (Å²) in [5, 5.41) is 2.74. The molecule has 0 aliphatic carbocycles. The highest BCUT2D eigenvalue weighted by Gasteiger charge is 2.36. The van der Waals surface area contributed by atoms with Gasteiger partial charge in [0.1, 0.15) is 4.90 Å². The second-order valence-corrected chi connectivity index (χ2v) is 7.09. The van der Waals surface area contributed by atoms with Crippen molar-refractivity contribution in [1.82, 2.24) is 9.62 Å². The van der Waals surface area contributed by atoms with Gasteiger partial charge in [0.15, 0.2) is 0 Å². The van der Waals surface area contributed by atoms with E-state index in [1.165, 1.54) is 0 Å². The summed E-state index contributed by atoms with van der Waals surface area (Å²) in [7, 11) is -2.33. The van der Waals surface area contributed by atoms with Crippen molar-refractivity contribution in [2.45, 2.75) is 23.5 Å². The number of likely N-dealkylation sites (N-methyl/N-ethyl adjacent to an activating group) is 1. The van der Waals surface area contributed by atoms with Crippen molar-refractivity contribution in [3.05, 3.63) is 28.8 Å². The van der Waals surface area contributed by atoms with Gasteiger partial charge in [-0.3, -0.25) is 0 Å². The lowest BCUT2D eigenvalue weighted by Crippen LogP contribution is -2.33. The van der Waals surface area contributed by atoms with Crippen molar-refractivity contribution in [2.75, 3.05) is 20.1 Å². The fraction of sp³-hybridized carbons (Fsp3) is 0.500. The Hall–Kier alpha value is -0.540. The summed E-state index contributed by atoms with van der Waals surface area (Å²) < 4.78 is 64.2. The van der Waals surface area contributed by atoms with Crippen LogP contribution in [0.25, 0.3) is 0 Å². The number of rotatable bonds is 3. The average Bonchev–Trinajstić information content (AvgIpc) is 2.87. The number of alkyl halides is 3. The molecule has 1 N–H and O–H groups in total. The van der Waals surface area contributed by atoms with Gasteiger partial charge in [0, 0.05) is 19.1 Å². The zero-order valence-electron chi connectivity index (χ0n) is 11.5. The van der Waals surface area contributed by atoms with Gasteiger partial charge in [-0.1, -0.05) is 11.6 Å². The average molecular weight is 379 g/mol. The minimum Gasteiger partial charge on any atom is -0.316 e. The van der Waals surface area contributed by atoms with E-state index < -0.39 is 26.7 Å². The van der Waals surface area contributed by atoms with Crippen molar-refractivity contribution in [1.29, 1.82) is 0 Å². The Morgan fingerprint density at radius 3 is 2.50 bits per heavy atom. The molecule has 1 aliphatic rings. The molecule has 2 rings (SSSR count). The van der Waals surface area contributed by atoms with E-state index in [0.717, 1.165) is 16.4 Å². The van der Waals surface area contributed by atoms with Crippen LogP contribution in [0.2, 0.25) is 5.02 Å². The maximum Gasteiger partial charge on any atom is 0.416 e. The van der Waals surface area contributed by atoms with Crippen LogP contribution in [0.4, 0.5) is 13.2 Å². The predicted octanol–water partition coefficient (Wildman–Crippen LogP) is 2.76. The first-order valence-electron chi connectivity index (χ1n) is 6.20. The van der Waals surface area contributed by atoms with Crippen LogP contribution in [-0.4, -0.2) is 38.9 Å². The van der Waals surface area contributed by atoms with Gasteiger partial charge in [0.25, 0.3) is 0 Å². The van der Waals surface area contributed by atoms with E-state index in [0.29, 0.717) is 12.5 Å². The smallest absolute Gasteiger partial charge is 0.316 e. The first-order valence-corrected chi connectivity index (χ1v) is 8.02. The molecule has 1 atom stereocenters. The van der Waals surface area contributed by atoms with Gasteiger partial charge in [0.2, 0.25) is 10.0 Å². The summed E-state index contributed by atoms with van der Waals surface area (Å²) in [6.07, 6.45) is -4.01. The fourth-order valence-electron chi connectivity index (χ4n) is 2.20. The fourth-order valence-corrected chi connectivity index (χ4v) is 4.20. The molecule has 126 valence electrons. The zero-order chi connectivity index (χ0) is 15.8. The Kier molecular flexibility index (Phi) is 6.14. The number of halogens is 5. The van der Waals surface area contributed by atoms with Gasteiger partial charge in [-0.15, -0.1) is 12.4 Å². The third-order valence-electron chi connectivity index (χ3n) is 3.44. The first-order chi connectivity index (χ1) is 9.66. The molecule has 1 fully saturated rings. The SMILES string of the molecule is CNC1CCN(S(=O)(=O)c2cc(C(F)(F)F)ccc2Cl)C1.Cl. The van der Waals surface area contributed by atoms with Crippen LogP contribution in [0.5, 0.6) is 0 Å². The molecule has 1 unspecified atom stereocenters. The van der Waals surface area contributed by atoms with Crippen LogP contribution < -0.4 is 5.32 Å². The van der Waals surface area contributed by atoms with E-state index in [9.17, 15) is 21.6 Å². The van der Waals surface area contributed by atoms with Crippen molar-refractivity contribution < 1.29 is 21.6 Å². The number of nitrogens with zero attached hydrogens (tertiary/aromatic N) is 1. The predicted molar refractivity (Wildman–Crippen MR) is 79.9 cm³/mol. The van der Waals surface area contributed by atoms with E-state index >= 15 is 0 Å². The molecule has 10 heteroatoms. The monoisotopic (exact) mass is 378 g/mol. The molecule has 0 aromatic heterocycles. The number of benzene rings is 1. The molecule has 0 amide bonds. The van der Waals surface area contributed by atoms with Crippen LogP contribution in [0.1, 0.15) is 12.0 Å². The molecule has 1 heterocycles. The highest BCUT2D eigenvalue weighted by Crippen LogP contribution is 2.35. The molecular formula is C12H15Cl2F3N2O2S. The Labute approximate surface area is 138 Å². The zero-order valence-corrected chi connectivity index (χ0v) is 13.9. The summed E-state index contributed by atoms with van der Waals surface area (Å²) in [6.45, 7) is 0.464. The minimum absolute atomic E-state index is 0. The van der Waals surface area contributed by atoms with Crippen molar-refractivity contribution in [3.63, 3.8) is 0 Å². The number of hydrogen-bond donors (Lipinski definition) is 1. The molecule has 1 saturated heterocycles. The Morgan fingerprint density at radius 1 is 1.36 bits per heavy atom. The van der Waals surface area contributed by atoms with E-state index in [1.54, 1.807) is 7.05 Å². The van der Waals surface area contributed by atoms with Crippen LogP contribution >= 0.6 is 24.0 Å². The maximum absolute atomic E-state index is 12.7. The molecule has 0 spiro atoms. The van der Waals surface area contributed by atoms with E-state index in [-0.39, 0.29) is 36.6 Å². The highest BCUT2D eigenvalue weighted by atomic mass is 35.5. The summed E-state index contributed by atoms with van der Waals surface area (Å²) in [4.78, 5) is -0.504.